The molecule has 0 fully saturated rings. The van der Waals surface area contributed by atoms with Crippen molar-refractivity contribution in [1.29, 1.82) is 0 Å². The van der Waals surface area contributed by atoms with E-state index in [1.165, 1.54) is 6.07 Å². The van der Waals surface area contributed by atoms with Gasteiger partial charge in [0.25, 0.3) is 0 Å². The van der Waals surface area contributed by atoms with Crippen molar-refractivity contribution in [3.05, 3.63) is 76.3 Å². The van der Waals surface area contributed by atoms with Crippen molar-refractivity contribution >= 4 is 51.1 Å². The van der Waals surface area contributed by atoms with Gasteiger partial charge in [0.15, 0.2) is 0 Å². The topological polar surface area (TPSA) is 39.4 Å². The molecule has 118 valence electrons. The second-order valence-electron chi connectivity index (χ2n) is 5.27. The first-order valence-electron chi connectivity index (χ1n) is 7.20. The van der Waals surface area contributed by atoms with Gasteiger partial charge in [-0.05, 0) is 42.5 Å². The largest absolute Gasteiger partial charge is 0.456 e. The van der Waals surface area contributed by atoms with Crippen LogP contribution in [0.25, 0.3) is 21.9 Å². The molecule has 3 aromatic carbocycles. The highest BCUT2D eigenvalue weighted by Gasteiger charge is 2.13. The van der Waals surface area contributed by atoms with Gasteiger partial charge in [0, 0.05) is 10.8 Å². The number of fused-ring (bicyclic) bond motifs is 3. The molecule has 0 atom stereocenters. The summed E-state index contributed by atoms with van der Waals surface area (Å²) < 4.78 is 11.2. The maximum atomic E-state index is 12.3. The Bertz CT molecular complexity index is 1080. The fourth-order valence-corrected chi connectivity index (χ4v) is 2.86. The van der Waals surface area contributed by atoms with Crippen LogP contribution >= 0.6 is 23.2 Å². The van der Waals surface area contributed by atoms with Crippen LogP contribution in [0.15, 0.2) is 65.1 Å². The van der Waals surface area contributed by atoms with Crippen molar-refractivity contribution in [2.45, 2.75) is 0 Å². The summed E-state index contributed by atoms with van der Waals surface area (Å²) in [5.74, 6) is -0.0640. The fraction of sp³-hybridized carbons (Fsp3) is 0. The highest BCUT2D eigenvalue weighted by Crippen LogP contribution is 2.31. The summed E-state index contributed by atoms with van der Waals surface area (Å²) in [5, 5.41) is 2.56. The van der Waals surface area contributed by atoms with Crippen LogP contribution in [0.1, 0.15) is 10.4 Å². The molecule has 0 unspecified atom stereocenters. The second-order valence-corrected chi connectivity index (χ2v) is 6.09. The van der Waals surface area contributed by atoms with Crippen molar-refractivity contribution in [3.8, 4) is 5.75 Å². The molecule has 0 aliphatic heterocycles. The van der Waals surface area contributed by atoms with Gasteiger partial charge in [-0.3, -0.25) is 0 Å². The third kappa shape index (κ3) is 2.62. The van der Waals surface area contributed by atoms with Gasteiger partial charge < -0.3 is 9.15 Å². The molecule has 0 N–H and O–H groups in total. The second kappa shape index (κ2) is 5.86. The number of hydrogen-bond acceptors (Lipinski definition) is 3. The lowest BCUT2D eigenvalue weighted by Gasteiger charge is -2.05. The zero-order valence-electron chi connectivity index (χ0n) is 12.3. The number of carbonyl (C=O) groups is 1. The maximum Gasteiger partial charge on any atom is 0.343 e. The molecule has 4 rings (SSSR count). The summed E-state index contributed by atoms with van der Waals surface area (Å²) >= 11 is 11.8. The van der Waals surface area contributed by atoms with Crippen LogP contribution in [0, 0.1) is 0 Å². The molecule has 24 heavy (non-hydrogen) atoms. The summed E-state index contributed by atoms with van der Waals surface area (Å²) in [6.45, 7) is 0. The van der Waals surface area contributed by atoms with Crippen molar-refractivity contribution in [1.82, 2.24) is 0 Å². The molecular formula is C19H10Cl2O3. The average molecular weight is 357 g/mol. The Kier molecular flexibility index (Phi) is 3.68. The first-order chi connectivity index (χ1) is 11.6. The Hall–Kier alpha value is -2.49. The van der Waals surface area contributed by atoms with E-state index < -0.39 is 5.97 Å². The molecule has 0 saturated carbocycles. The number of ether oxygens (including phenoxy) is 1. The van der Waals surface area contributed by atoms with Crippen molar-refractivity contribution in [2.75, 3.05) is 0 Å². The highest BCUT2D eigenvalue weighted by atomic mass is 35.5. The molecular weight excluding hydrogens is 347 g/mol. The minimum absolute atomic E-state index is 0.308. The molecule has 0 aliphatic rings. The first-order valence-corrected chi connectivity index (χ1v) is 7.96. The fourth-order valence-electron chi connectivity index (χ4n) is 2.56. The minimum Gasteiger partial charge on any atom is -0.456 e. The number of hydrogen-bond donors (Lipinski definition) is 0. The lowest BCUT2D eigenvalue weighted by Crippen LogP contribution is -2.08. The van der Waals surface area contributed by atoms with E-state index in [0.717, 1.165) is 21.9 Å². The zero-order valence-corrected chi connectivity index (χ0v) is 13.8. The van der Waals surface area contributed by atoms with Gasteiger partial charge in [0.05, 0.1) is 15.6 Å². The van der Waals surface area contributed by atoms with E-state index >= 15 is 0 Å². The van der Waals surface area contributed by atoms with Crippen LogP contribution in [0.2, 0.25) is 10.0 Å². The van der Waals surface area contributed by atoms with E-state index in [9.17, 15) is 4.79 Å². The Morgan fingerprint density at radius 3 is 2.46 bits per heavy atom. The van der Waals surface area contributed by atoms with Crippen LogP contribution in [0.3, 0.4) is 0 Å². The molecule has 0 spiro atoms. The average Bonchev–Trinajstić information content (AvgIpc) is 2.95. The van der Waals surface area contributed by atoms with E-state index in [0.29, 0.717) is 21.4 Å². The van der Waals surface area contributed by atoms with Crippen LogP contribution in [-0.2, 0) is 0 Å². The number of carbonyl (C=O) groups excluding carboxylic acids is 1. The standard InChI is InChI=1S/C19H10Cl2O3/c20-15-7-5-11(9-16(15)21)19(22)23-12-6-8-18-14(10-12)13-3-1-2-4-17(13)24-18/h1-10H. The van der Waals surface area contributed by atoms with Gasteiger partial charge in [-0.15, -0.1) is 0 Å². The molecule has 0 amide bonds. The Labute approximate surface area is 147 Å². The van der Waals surface area contributed by atoms with E-state index in [4.69, 9.17) is 32.4 Å². The molecule has 0 saturated heterocycles. The molecule has 0 radical (unpaired) electrons. The summed E-state index contributed by atoms with van der Waals surface area (Å²) in [5.41, 5.74) is 1.87. The lowest BCUT2D eigenvalue weighted by molar-refractivity contribution is 0.0735. The van der Waals surface area contributed by atoms with Gasteiger partial charge in [-0.1, -0.05) is 41.4 Å². The van der Waals surface area contributed by atoms with Crippen LogP contribution in [-0.4, -0.2) is 5.97 Å². The van der Waals surface area contributed by atoms with Gasteiger partial charge >= 0.3 is 5.97 Å². The Morgan fingerprint density at radius 1 is 0.833 bits per heavy atom. The van der Waals surface area contributed by atoms with E-state index in [1.807, 2.05) is 24.3 Å². The van der Waals surface area contributed by atoms with Crippen molar-refractivity contribution in [2.24, 2.45) is 0 Å². The van der Waals surface area contributed by atoms with Gasteiger partial charge in [0.1, 0.15) is 16.9 Å². The number of furan rings is 1. The van der Waals surface area contributed by atoms with Crippen LogP contribution in [0.4, 0.5) is 0 Å². The maximum absolute atomic E-state index is 12.3. The summed E-state index contributed by atoms with van der Waals surface area (Å²) in [6.07, 6.45) is 0. The quantitative estimate of drug-likeness (QED) is 0.321. The number of para-hydroxylation sites is 1. The predicted molar refractivity (Wildman–Crippen MR) is 95.1 cm³/mol. The molecule has 1 aromatic heterocycles. The number of esters is 1. The Balaban J connectivity index is 1.70. The van der Waals surface area contributed by atoms with E-state index in [2.05, 4.69) is 0 Å². The van der Waals surface area contributed by atoms with E-state index in [-0.39, 0.29) is 0 Å². The summed E-state index contributed by atoms with van der Waals surface area (Å²) in [7, 11) is 0. The molecule has 4 aromatic rings. The first kappa shape index (κ1) is 15.1. The minimum atomic E-state index is -0.499. The molecule has 5 heteroatoms. The van der Waals surface area contributed by atoms with Gasteiger partial charge in [-0.25, -0.2) is 4.79 Å². The normalized spacial score (nSPS) is 11.1. The molecule has 3 nitrogen and oxygen atoms in total. The number of rotatable bonds is 2. The lowest BCUT2D eigenvalue weighted by atomic mass is 10.1. The zero-order chi connectivity index (χ0) is 16.7. The summed E-state index contributed by atoms with van der Waals surface area (Å²) in [6, 6.07) is 17.6. The molecule has 0 aliphatic carbocycles. The molecule has 0 bridgehead atoms. The van der Waals surface area contributed by atoms with E-state index in [1.54, 1.807) is 30.3 Å². The third-order valence-electron chi connectivity index (χ3n) is 3.71. The predicted octanol–water partition coefficient (Wildman–Crippen LogP) is 6.11. The van der Waals surface area contributed by atoms with Gasteiger partial charge in [-0.2, -0.15) is 0 Å². The molecule has 1 heterocycles. The Morgan fingerprint density at radius 2 is 1.62 bits per heavy atom. The monoisotopic (exact) mass is 356 g/mol. The van der Waals surface area contributed by atoms with Crippen LogP contribution in [0.5, 0.6) is 5.75 Å². The van der Waals surface area contributed by atoms with Crippen LogP contribution < -0.4 is 4.74 Å². The van der Waals surface area contributed by atoms with Crippen molar-refractivity contribution < 1.29 is 13.9 Å². The highest BCUT2D eigenvalue weighted by molar-refractivity contribution is 6.42. The third-order valence-corrected chi connectivity index (χ3v) is 4.45. The number of benzene rings is 3. The van der Waals surface area contributed by atoms with Crippen molar-refractivity contribution in [3.63, 3.8) is 0 Å². The van der Waals surface area contributed by atoms with Gasteiger partial charge in [0.2, 0.25) is 0 Å². The number of halogens is 2. The SMILES string of the molecule is O=C(Oc1ccc2oc3ccccc3c2c1)c1ccc(Cl)c(Cl)c1. The smallest absolute Gasteiger partial charge is 0.343 e. The summed E-state index contributed by atoms with van der Waals surface area (Å²) in [4.78, 5) is 12.3.